The molecule has 0 saturated carbocycles. The monoisotopic (exact) mass is 658 g/mol. The molecule has 2 saturated heterocycles. The number of thiophene rings is 1. The number of hydrogen-bond donors (Lipinski definition) is 1. The fraction of sp³-hybridized carbons (Fsp3) is 0.452. The van der Waals surface area contributed by atoms with Gasteiger partial charge in [-0.3, -0.25) is 4.90 Å². The van der Waals surface area contributed by atoms with Crippen molar-refractivity contribution in [1.82, 2.24) is 14.9 Å². The van der Waals surface area contributed by atoms with Crippen molar-refractivity contribution < 1.29 is 27.4 Å². The minimum Gasteiger partial charge on any atom is -0.489 e. The third kappa shape index (κ3) is 4.72. The van der Waals surface area contributed by atoms with Crippen LogP contribution in [0.25, 0.3) is 32.1 Å². The fourth-order valence-electron chi connectivity index (χ4n) is 7.15. The molecule has 5 heterocycles. The van der Waals surface area contributed by atoms with Crippen molar-refractivity contribution in [1.29, 1.82) is 5.26 Å². The molecule has 0 aliphatic carbocycles. The Labute approximate surface area is 266 Å². The van der Waals surface area contributed by atoms with Crippen LogP contribution in [0.5, 0.6) is 11.8 Å². The molecule has 2 aromatic heterocycles. The topological polar surface area (TPSA) is 110 Å². The van der Waals surface area contributed by atoms with Gasteiger partial charge in [-0.2, -0.15) is 15.2 Å². The number of aromatic nitrogens is 2. The van der Waals surface area contributed by atoms with Crippen molar-refractivity contribution >= 4 is 54.7 Å². The molecule has 2 aromatic carbocycles. The Balaban J connectivity index is 1.45. The molecule has 0 bridgehead atoms. The Morgan fingerprint density at radius 1 is 1.29 bits per heavy atom. The lowest BCUT2D eigenvalue weighted by Gasteiger charge is -2.31. The van der Waals surface area contributed by atoms with Crippen LogP contribution >= 0.6 is 22.9 Å². The summed E-state index contributed by atoms with van der Waals surface area (Å²) >= 11 is 7.86. The van der Waals surface area contributed by atoms with Crippen LogP contribution in [0.1, 0.15) is 31.7 Å². The molecule has 3 atom stereocenters. The number of nitrogens with two attached hydrogens (primary N) is 1. The number of hydrogen-bond acceptors (Lipinski definition) is 10. The van der Waals surface area contributed by atoms with E-state index in [9.17, 15) is 14.0 Å². The molecular weight excluding hydrogens is 629 g/mol. The van der Waals surface area contributed by atoms with Crippen LogP contribution in [0.4, 0.5) is 24.0 Å². The molecule has 45 heavy (non-hydrogen) atoms. The van der Waals surface area contributed by atoms with Gasteiger partial charge in [-0.25, -0.2) is 13.2 Å². The zero-order valence-corrected chi connectivity index (χ0v) is 26.2. The molecule has 7 rings (SSSR count). The standard InChI is InChI=1S/C31H30ClF3N6O3S/c1-15(13-42-2)41-8-9-43-26-22-25(38-30(39-29(22)41)44-14-31-6-3-7-40(31)12-16(33)10-31)24(35)21(23(26)32)17-4-5-19(34)27-20(17)18(11-36)28(37)45-27/h4-5,15-16H,3,6-10,12-14,37H2,1-2H3/t15?,16-,31+/m1/s1. The van der Waals surface area contributed by atoms with Crippen molar-refractivity contribution in [3.05, 3.63) is 34.4 Å². The minimum absolute atomic E-state index is 0.0296. The summed E-state index contributed by atoms with van der Waals surface area (Å²) in [5, 5.41) is 10.3. The van der Waals surface area contributed by atoms with Crippen molar-refractivity contribution in [2.75, 3.05) is 57.2 Å². The number of nitriles is 1. The Hall–Kier alpha value is -3.57. The molecular formula is C31H30ClF3N6O3S. The molecule has 0 radical (unpaired) electrons. The van der Waals surface area contributed by atoms with Crippen molar-refractivity contribution in [3.63, 3.8) is 0 Å². The van der Waals surface area contributed by atoms with Gasteiger partial charge in [0.15, 0.2) is 11.6 Å². The van der Waals surface area contributed by atoms with Gasteiger partial charge in [0, 0.05) is 31.0 Å². The Kier molecular flexibility index (Phi) is 7.59. The van der Waals surface area contributed by atoms with Crippen LogP contribution < -0.4 is 20.1 Å². The largest absolute Gasteiger partial charge is 0.489 e. The maximum atomic E-state index is 17.0. The molecule has 3 aliphatic heterocycles. The zero-order chi connectivity index (χ0) is 31.6. The summed E-state index contributed by atoms with van der Waals surface area (Å²) in [5.41, 5.74) is 5.58. The second-order valence-electron chi connectivity index (χ2n) is 11.8. The molecule has 0 amide bonds. The molecule has 236 valence electrons. The minimum atomic E-state index is -0.944. The van der Waals surface area contributed by atoms with Gasteiger partial charge in [-0.15, -0.1) is 11.3 Å². The van der Waals surface area contributed by atoms with Gasteiger partial charge in [0.05, 0.1) is 45.4 Å². The van der Waals surface area contributed by atoms with E-state index in [1.54, 1.807) is 7.11 Å². The van der Waals surface area contributed by atoms with Gasteiger partial charge in [0.2, 0.25) is 0 Å². The number of halogens is 4. The van der Waals surface area contributed by atoms with E-state index < -0.39 is 23.3 Å². The number of benzene rings is 2. The highest BCUT2D eigenvalue weighted by atomic mass is 35.5. The van der Waals surface area contributed by atoms with E-state index in [0.717, 1.165) is 30.7 Å². The first-order valence-electron chi connectivity index (χ1n) is 14.7. The summed E-state index contributed by atoms with van der Waals surface area (Å²) in [4.78, 5) is 13.3. The van der Waals surface area contributed by atoms with E-state index in [-0.39, 0.29) is 78.7 Å². The first kappa shape index (κ1) is 30.1. The van der Waals surface area contributed by atoms with Gasteiger partial charge in [0.25, 0.3) is 0 Å². The zero-order valence-electron chi connectivity index (χ0n) is 24.6. The summed E-state index contributed by atoms with van der Waals surface area (Å²) in [6.45, 7) is 4.16. The molecule has 3 aliphatic rings. The summed E-state index contributed by atoms with van der Waals surface area (Å²) < 4.78 is 64.3. The quantitative estimate of drug-likeness (QED) is 0.252. The van der Waals surface area contributed by atoms with Crippen LogP contribution in [0.15, 0.2) is 12.1 Å². The molecule has 1 unspecified atom stereocenters. The fourth-order valence-corrected chi connectivity index (χ4v) is 8.43. The van der Waals surface area contributed by atoms with Gasteiger partial charge in [-0.1, -0.05) is 17.7 Å². The van der Waals surface area contributed by atoms with Crippen LogP contribution in [0.3, 0.4) is 0 Å². The van der Waals surface area contributed by atoms with E-state index in [4.69, 9.17) is 36.5 Å². The van der Waals surface area contributed by atoms with Gasteiger partial charge >= 0.3 is 6.01 Å². The number of alkyl halides is 1. The highest BCUT2D eigenvalue weighted by Gasteiger charge is 2.49. The van der Waals surface area contributed by atoms with Crippen molar-refractivity contribution in [3.8, 4) is 29.0 Å². The predicted octanol–water partition coefficient (Wildman–Crippen LogP) is 6.09. The smallest absolute Gasteiger partial charge is 0.319 e. The molecule has 2 fully saturated rings. The third-order valence-electron chi connectivity index (χ3n) is 9.16. The Bertz CT molecular complexity index is 1890. The average molecular weight is 659 g/mol. The maximum Gasteiger partial charge on any atom is 0.319 e. The normalized spacial score (nSPS) is 22.0. The number of ether oxygens (including phenoxy) is 3. The highest BCUT2D eigenvalue weighted by molar-refractivity contribution is 7.23. The molecule has 4 aromatic rings. The van der Waals surface area contributed by atoms with Gasteiger partial charge < -0.3 is 24.8 Å². The van der Waals surface area contributed by atoms with Crippen molar-refractivity contribution in [2.45, 2.75) is 43.9 Å². The highest BCUT2D eigenvalue weighted by Crippen LogP contribution is 2.51. The molecule has 14 heteroatoms. The van der Waals surface area contributed by atoms with E-state index in [1.807, 2.05) is 17.9 Å². The molecule has 9 nitrogen and oxygen atoms in total. The lowest BCUT2D eigenvalue weighted by molar-refractivity contribution is 0.107. The lowest BCUT2D eigenvalue weighted by Crippen LogP contribution is -2.43. The van der Waals surface area contributed by atoms with E-state index >= 15 is 4.39 Å². The van der Waals surface area contributed by atoms with Crippen LogP contribution in [0, 0.1) is 23.0 Å². The van der Waals surface area contributed by atoms with E-state index in [0.29, 0.717) is 31.9 Å². The van der Waals surface area contributed by atoms with E-state index in [2.05, 4.69) is 9.88 Å². The van der Waals surface area contributed by atoms with Crippen molar-refractivity contribution in [2.24, 2.45) is 0 Å². The number of methoxy groups -OCH3 is 1. The van der Waals surface area contributed by atoms with Crippen LogP contribution in [0.2, 0.25) is 5.02 Å². The van der Waals surface area contributed by atoms with Gasteiger partial charge in [-0.05, 0) is 37.9 Å². The summed E-state index contributed by atoms with van der Waals surface area (Å²) in [7, 11) is 1.59. The Morgan fingerprint density at radius 2 is 2.11 bits per heavy atom. The van der Waals surface area contributed by atoms with Crippen LogP contribution in [-0.4, -0.2) is 79.2 Å². The number of nitrogens with zero attached hydrogens (tertiary/aromatic N) is 5. The third-order valence-corrected chi connectivity index (χ3v) is 10.6. The summed E-state index contributed by atoms with van der Waals surface area (Å²) in [6, 6.07) is 4.32. The first-order valence-corrected chi connectivity index (χ1v) is 15.9. The maximum absolute atomic E-state index is 17.0. The van der Waals surface area contributed by atoms with E-state index in [1.165, 1.54) is 12.1 Å². The first-order chi connectivity index (χ1) is 21.7. The number of anilines is 2. The lowest BCUT2D eigenvalue weighted by atomic mass is 9.95. The molecule has 0 spiro atoms. The average Bonchev–Trinajstić information content (AvgIpc) is 3.60. The summed E-state index contributed by atoms with van der Waals surface area (Å²) in [5.74, 6) is -0.891. The summed E-state index contributed by atoms with van der Waals surface area (Å²) in [6.07, 6.45) is 1.12. The number of nitrogen functional groups attached to an aromatic ring is 1. The SMILES string of the molecule is COCC(C)N1CCOc2c(Cl)c(-c3ccc(F)c4sc(N)c(C#N)c34)c(F)c3nc(OC[C@@]45CCCN4C[C@H](F)C5)nc1c23. The predicted molar refractivity (Wildman–Crippen MR) is 167 cm³/mol. The van der Waals surface area contributed by atoms with Gasteiger partial charge in [0.1, 0.15) is 47.6 Å². The number of rotatable bonds is 7. The molecule has 2 N–H and O–H groups in total. The second kappa shape index (κ2) is 11.3. The van der Waals surface area contributed by atoms with Crippen LogP contribution in [-0.2, 0) is 4.74 Å². The number of fused-ring (bicyclic) bond motifs is 2. The Morgan fingerprint density at radius 3 is 2.89 bits per heavy atom. The second-order valence-corrected chi connectivity index (χ2v) is 13.3.